The number of amides is 1. The van der Waals surface area contributed by atoms with Crippen LogP contribution in [0.1, 0.15) is 15.2 Å². The average Bonchev–Trinajstić information content (AvgIpc) is 3.35. The Morgan fingerprint density at radius 1 is 1.19 bits per heavy atom. The highest BCUT2D eigenvalue weighted by molar-refractivity contribution is 7.12. The largest absolute Gasteiger partial charge is 0.439 e. The molecule has 4 aromatic rings. The van der Waals surface area contributed by atoms with Crippen LogP contribution in [0.25, 0.3) is 5.82 Å². The van der Waals surface area contributed by atoms with E-state index in [-0.39, 0.29) is 5.91 Å². The number of aromatic nitrogens is 4. The van der Waals surface area contributed by atoms with Crippen LogP contribution < -0.4 is 10.1 Å². The van der Waals surface area contributed by atoms with Gasteiger partial charge >= 0.3 is 0 Å². The van der Waals surface area contributed by atoms with Crippen molar-refractivity contribution in [3.05, 3.63) is 77.0 Å². The molecule has 4 rings (SSSR count). The molecule has 0 saturated heterocycles. The molecular formula is C19H15N5O2S. The fraction of sp³-hybridized carbons (Fsp3) is 0.0526. The third-order valence-electron chi connectivity index (χ3n) is 3.66. The van der Waals surface area contributed by atoms with Crippen LogP contribution in [-0.2, 0) is 0 Å². The monoisotopic (exact) mass is 377 g/mol. The highest BCUT2D eigenvalue weighted by atomic mass is 32.1. The van der Waals surface area contributed by atoms with Gasteiger partial charge in [0.2, 0.25) is 5.88 Å². The Hall–Kier alpha value is -3.52. The summed E-state index contributed by atoms with van der Waals surface area (Å²) in [6.45, 7) is 1.96. The number of nitrogens with zero attached hydrogens (tertiary/aromatic N) is 4. The van der Waals surface area contributed by atoms with E-state index in [0.29, 0.717) is 28.0 Å². The van der Waals surface area contributed by atoms with Gasteiger partial charge in [0.1, 0.15) is 12.1 Å². The lowest BCUT2D eigenvalue weighted by atomic mass is 10.3. The molecule has 8 heteroatoms. The number of hydrogen-bond acceptors (Lipinski definition) is 6. The van der Waals surface area contributed by atoms with Gasteiger partial charge < -0.3 is 10.1 Å². The summed E-state index contributed by atoms with van der Waals surface area (Å²) in [6, 6.07) is 12.5. The van der Waals surface area contributed by atoms with Gasteiger partial charge in [0.05, 0.1) is 4.88 Å². The fourth-order valence-corrected chi connectivity index (χ4v) is 3.18. The van der Waals surface area contributed by atoms with Crippen molar-refractivity contribution in [1.82, 2.24) is 19.7 Å². The fourth-order valence-electron chi connectivity index (χ4n) is 2.39. The first-order valence-electron chi connectivity index (χ1n) is 8.14. The molecule has 3 heterocycles. The lowest BCUT2D eigenvalue weighted by molar-refractivity contribution is 0.103. The molecule has 0 saturated carbocycles. The van der Waals surface area contributed by atoms with E-state index in [1.165, 1.54) is 17.7 Å². The van der Waals surface area contributed by atoms with Gasteiger partial charge in [-0.25, -0.2) is 14.6 Å². The van der Waals surface area contributed by atoms with Crippen LogP contribution in [0.2, 0.25) is 0 Å². The van der Waals surface area contributed by atoms with Crippen molar-refractivity contribution >= 4 is 22.9 Å². The number of hydrogen-bond donors (Lipinski definition) is 1. The molecule has 0 aliphatic rings. The molecule has 0 radical (unpaired) electrons. The maximum atomic E-state index is 12.2. The number of ether oxygens (including phenoxy) is 1. The van der Waals surface area contributed by atoms with Crippen LogP contribution >= 0.6 is 11.3 Å². The summed E-state index contributed by atoms with van der Waals surface area (Å²) in [6.07, 6.45) is 4.88. The molecule has 27 heavy (non-hydrogen) atoms. The van der Waals surface area contributed by atoms with Crippen LogP contribution in [0.15, 0.2) is 66.6 Å². The number of thiophene rings is 1. The van der Waals surface area contributed by atoms with Crippen LogP contribution in [0.4, 0.5) is 5.69 Å². The quantitative estimate of drug-likeness (QED) is 0.567. The number of aryl methyl sites for hydroxylation is 1. The van der Waals surface area contributed by atoms with Crippen molar-refractivity contribution in [3.63, 3.8) is 0 Å². The number of nitrogens with one attached hydrogen (secondary N) is 1. The summed E-state index contributed by atoms with van der Waals surface area (Å²) in [4.78, 5) is 21.2. The molecule has 0 aliphatic heterocycles. The zero-order valence-corrected chi connectivity index (χ0v) is 15.2. The predicted molar refractivity (Wildman–Crippen MR) is 103 cm³/mol. The highest BCUT2D eigenvalue weighted by Gasteiger charge is 2.09. The molecule has 0 atom stereocenters. The zero-order chi connectivity index (χ0) is 18.6. The third kappa shape index (κ3) is 4.01. The Morgan fingerprint density at radius 2 is 2.04 bits per heavy atom. The first-order valence-corrected chi connectivity index (χ1v) is 9.02. The van der Waals surface area contributed by atoms with E-state index >= 15 is 0 Å². The summed E-state index contributed by atoms with van der Waals surface area (Å²) in [5, 5.41) is 8.95. The van der Waals surface area contributed by atoms with E-state index < -0.39 is 0 Å². The topological polar surface area (TPSA) is 81.9 Å². The van der Waals surface area contributed by atoms with Gasteiger partial charge in [-0.1, -0.05) is 0 Å². The Morgan fingerprint density at radius 3 is 2.74 bits per heavy atom. The highest BCUT2D eigenvalue weighted by Crippen LogP contribution is 2.23. The number of carbonyl (C=O) groups excluding carboxylic acids is 1. The second kappa shape index (κ2) is 7.38. The van der Waals surface area contributed by atoms with Gasteiger partial charge in [0.15, 0.2) is 5.82 Å². The average molecular weight is 377 g/mol. The van der Waals surface area contributed by atoms with E-state index in [4.69, 9.17) is 4.74 Å². The van der Waals surface area contributed by atoms with E-state index in [9.17, 15) is 4.79 Å². The Kier molecular flexibility index (Phi) is 4.63. The Labute approximate surface area is 159 Å². The van der Waals surface area contributed by atoms with Gasteiger partial charge in [-0.05, 0) is 54.3 Å². The predicted octanol–water partition coefficient (Wildman–Crippen LogP) is 4.08. The minimum Gasteiger partial charge on any atom is -0.439 e. The molecule has 1 N–H and O–H groups in total. The van der Waals surface area contributed by atoms with Gasteiger partial charge in [0, 0.05) is 24.1 Å². The van der Waals surface area contributed by atoms with Gasteiger partial charge in [-0.2, -0.15) is 5.10 Å². The number of anilines is 1. The molecule has 0 unspecified atom stereocenters. The van der Waals surface area contributed by atoms with Crippen LogP contribution in [-0.4, -0.2) is 25.7 Å². The molecule has 3 aromatic heterocycles. The van der Waals surface area contributed by atoms with Crippen molar-refractivity contribution in [2.24, 2.45) is 0 Å². The van der Waals surface area contributed by atoms with E-state index in [1.54, 1.807) is 47.4 Å². The smallest absolute Gasteiger partial charge is 0.265 e. The third-order valence-corrected chi connectivity index (χ3v) is 4.70. The number of rotatable bonds is 5. The summed E-state index contributed by atoms with van der Waals surface area (Å²) >= 11 is 1.42. The van der Waals surface area contributed by atoms with E-state index in [0.717, 1.165) is 5.56 Å². The van der Waals surface area contributed by atoms with Crippen LogP contribution in [0, 0.1) is 6.92 Å². The molecule has 134 valence electrons. The molecule has 0 fully saturated rings. The van der Waals surface area contributed by atoms with Crippen LogP contribution in [0.5, 0.6) is 11.6 Å². The molecule has 0 spiro atoms. The maximum Gasteiger partial charge on any atom is 0.265 e. The van der Waals surface area contributed by atoms with Crippen molar-refractivity contribution < 1.29 is 9.53 Å². The minimum absolute atomic E-state index is 0.124. The first-order chi connectivity index (χ1) is 13.2. The second-order valence-electron chi connectivity index (χ2n) is 5.73. The molecule has 1 amide bonds. The summed E-state index contributed by atoms with van der Waals surface area (Å²) in [5.74, 6) is 1.49. The van der Waals surface area contributed by atoms with Crippen molar-refractivity contribution in [1.29, 1.82) is 0 Å². The second-order valence-corrected chi connectivity index (χ2v) is 6.65. The van der Waals surface area contributed by atoms with Gasteiger partial charge in [-0.3, -0.25) is 4.79 Å². The molecular weight excluding hydrogens is 362 g/mol. The van der Waals surface area contributed by atoms with Crippen LogP contribution in [0.3, 0.4) is 0 Å². The summed E-state index contributed by atoms with van der Waals surface area (Å²) in [7, 11) is 0. The summed E-state index contributed by atoms with van der Waals surface area (Å²) in [5.41, 5.74) is 1.77. The number of carbonyl (C=O) groups is 1. The molecule has 7 nitrogen and oxygen atoms in total. The maximum absolute atomic E-state index is 12.2. The molecule has 0 bridgehead atoms. The first kappa shape index (κ1) is 16.9. The molecule has 1 aromatic carbocycles. The Balaban J connectivity index is 1.44. The standard InChI is InChI=1S/C19H15N5O2S/c1-13-9-16(27-11-13)19(25)23-14-3-5-15(6-4-14)26-18-10-17(20-12-21-18)24-8-2-7-22-24/h2-12H,1H3,(H,23,25). The lowest BCUT2D eigenvalue weighted by Gasteiger charge is -2.08. The van der Waals surface area contributed by atoms with Crippen molar-refractivity contribution in [3.8, 4) is 17.4 Å². The van der Waals surface area contributed by atoms with Gasteiger partial charge in [-0.15, -0.1) is 11.3 Å². The minimum atomic E-state index is -0.124. The lowest BCUT2D eigenvalue weighted by Crippen LogP contribution is -2.09. The Bertz CT molecular complexity index is 1060. The van der Waals surface area contributed by atoms with E-state index in [2.05, 4.69) is 20.4 Å². The summed E-state index contributed by atoms with van der Waals surface area (Å²) < 4.78 is 7.39. The normalized spacial score (nSPS) is 10.6. The SMILES string of the molecule is Cc1csc(C(=O)Nc2ccc(Oc3cc(-n4cccn4)ncn3)cc2)c1. The van der Waals surface area contributed by atoms with Crippen molar-refractivity contribution in [2.75, 3.05) is 5.32 Å². The van der Waals surface area contributed by atoms with E-state index in [1.807, 2.05) is 24.4 Å². The molecule has 0 aliphatic carbocycles. The van der Waals surface area contributed by atoms with Crippen molar-refractivity contribution in [2.45, 2.75) is 6.92 Å². The number of benzene rings is 1. The van der Waals surface area contributed by atoms with Gasteiger partial charge in [0.25, 0.3) is 5.91 Å². The zero-order valence-electron chi connectivity index (χ0n) is 14.4.